The Hall–Kier alpha value is -0.810. The quantitative estimate of drug-likeness (QED) is 0.895. The van der Waals surface area contributed by atoms with Crippen molar-refractivity contribution in [3.63, 3.8) is 0 Å². The van der Waals surface area contributed by atoms with Crippen LogP contribution < -0.4 is 10.1 Å². The van der Waals surface area contributed by atoms with E-state index in [0.29, 0.717) is 11.1 Å². The molecule has 1 unspecified atom stereocenters. The first kappa shape index (κ1) is 15.6. The van der Waals surface area contributed by atoms with E-state index < -0.39 is 0 Å². The van der Waals surface area contributed by atoms with Gasteiger partial charge in [-0.1, -0.05) is 17.7 Å². The van der Waals surface area contributed by atoms with E-state index in [4.69, 9.17) is 16.3 Å². The summed E-state index contributed by atoms with van der Waals surface area (Å²) in [7, 11) is 6.02. The number of hydrogen-bond acceptors (Lipinski definition) is 4. The van der Waals surface area contributed by atoms with Crippen LogP contribution in [0.3, 0.4) is 0 Å². The Morgan fingerprint density at radius 3 is 2.85 bits per heavy atom. The molecule has 0 radical (unpaired) electrons. The van der Waals surface area contributed by atoms with E-state index in [9.17, 15) is 0 Å². The van der Waals surface area contributed by atoms with Crippen molar-refractivity contribution in [2.75, 3.05) is 47.4 Å². The molecule has 1 atom stereocenters. The van der Waals surface area contributed by atoms with Gasteiger partial charge in [-0.15, -0.1) is 0 Å². The molecule has 2 rings (SSSR count). The van der Waals surface area contributed by atoms with E-state index in [1.54, 1.807) is 7.11 Å². The Morgan fingerprint density at radius 2 is 2.15 bits per heavy atom. The zero-order valence-electron chi connectivity index (χ0n) is 12.5. The summed E-state index contributed by atoms with van der Waals surface area (Å²) in [5, 5.41) is 4.19. The van der Waals surface area contributed by atoms with E-state index in [2.05, 4.69) is 35.3 Å². The molecule has 1 aliphatic heterocycles. The van der Waals surface area contributed by atoms with E-state index >= 15 is 0 Å². The number of likely N-dealkylation sites (N-methyl/N-ethyl adjacent to an activating group) is 2. The maximum absolute atomic E-state index is 6.13. The molecule has 1 aliphatic rings. The third kappa shape index (κ3) is 4.09. The summed E-state index contributed by atoms with van der Waals surface area (Å²) in [5.41, 5.74) is 1.18. The van der Waals surface area contributed by atoms with Gasteiger partial charge in [0.1, 0.15) is 5.75 Å². The van der Waals surface area contributed by atoms with Gasteiger partial charge in [0.2, 0.25) is 0 Å². The molecule has 0 amide bonds. The van der Waals surface area contributed by atoms with Crippen LogP contribution in [-0.4, -0.2) is 63.2 Å². The molecular weight excluding hydrogens is 274 g/mol. The number of rotatable bonds is 5. The summed E-state index contributed by atoms with van der Waals surface area (Å²) in [6.07, 6.45) is 0. The van der Waals surface area contributed by atoms with Gasteiger partial charge in [-0.05, 0) is 31.8 Å². The van der Waals surface area contributed by atoms with Crippen LogP contribution >= 0.6 is 11.6 Å². The van der Waals surface area contributed by atoms with E-state index in [1.165, 1.54) is 5.56 Å². The number of ether oxygens (including phenoxy) is 1. The fraction of sp³-hybridized carbons (Fsp3) is 0.600. The monoisotopic (exact) mass is 297 g/mol. The fourth-order valence-corrected chi connectivity index (χ4v) is 2.81. The van der Waals surface area contributed by atoms with Gasteiger partial charge in [0.15, 0.2) is 0 Å². The minimum absolute atomic E-state index is 0.572. The number of nitrogens with zero attached hydrogens (tertiary/aromatic N) is 2. The SMILES string of the molecule is COc1ccc(CNCC2CN(C)CCN2C)cc1Cl. The van der Waals surface area contributed by atoms with Crippen LogP contribution in [0.5, 0.6) is 5.75 Å². The average molecular weight is 298 g/mol. The van der Waals surface area contributed by atoms with Crippen molar-refractivity contribution in [1.29, 1.82) is 0 Å². The Balaban J connectivity index is 1.82. The molecule has 1 fully saturated rings. The molecule has 20 heavy (non-hydrogen) atoms. The highest BCUT2D eigenvalue weighted by Crippen LogP contribution is 2.24. The van der Waals surface area contributed by atoms with Crippen LogP contribution in [0.15, 0.2) is 18.2 Å². The number of benzene rings is 1. The van der Waals surface area contributed by atoms with Crippen LogP contribution in [0.2, 0.25) is 5.02 Å². The number of hydrogen-bond donors (Lipinski definition) is 1. The molecule has 1 aromatic carbocycles. The molecular formula is C15H24ClN3O. The van der Waals surface area contributed by atoms with Crippen molar-refractivity contribution >= 4 is 11.6 Å². The summed E-state index contributed by atoms with van der Waals surface area (Å²) in [4.78, 5) is 4.81. The van der Waals surface area contributed by atoms with Gasteiger partial charge in [0, 0.05) is 38.8 Å². The maximum Gasteiger partial charge on any atom is 0.137 e. The lowest BCUT2D eigenvalue weighted by atomic mass is 10.1. The maximum atomic E-state index is 6.13. The summed E-state index contributed by atoms with van der Waals surface area (Å²) >= 11 is 6.13. The molecule has 1 saturated heterocycles. The highest BCUT2D eigenvalue weighted by molar-refractivity contribution is 6.32. The predicted molar refractivity (Wildman–Crippen MR) is 83.6 cm³/mol. The Kier molecular flexibility index (Phi) is 5.66. The summed E-state index contributed by atoms with van der Waals surface area (Å²) in [6.45, 7) is 5.23. The van der Waals surface area contributed by atoms with Crippen LogP contribution in [0.1, 0.15) is 5.56 Å². The van der Waals surface area contributed by atoms with Gasteiger partial charge < -0.3 is 15.0 Å². The fourth-order valence-electron chi connectivity index (χ4n) is 2.52. The molecule has 0 bridgehead atoms. The molecule has 4 nitrogen and oxygen atoms in total. The normalized spacial score (nSPS) is 21.1. The second-order valence-corrected chi connectivity index (χ2v) is 5.90. The standard InChI is InChI=1S/C15H24ClN3O/c1-18-6-7-19(2)13(11-18)10-17-9-12-4-5-15(20-3)14(16)8-12/h4-5,8,13,17H,6-7,9-11H2,1-3H3. The molecule has 1 N–H and O–H groups in total. The van der Waals surface area contributed by atoms with Gasteiger partial charge in [0.05, 0.1) is 12.1 Å². The molecule has 0 spiro atoms. The van der Waals surface area contributed by atoms with Crippen molar-refractivity contribution in [3.8, 4) is 5.75 Å². The van der Waals surface area contributed by atoms with E-state index in [1.807, 2.05) is 12.1 Å². The second-order valence-electron chi connectivity index (χ2n) is 5.50. The van der Waals surface area contributed by atoms with Crippen molar-refractivity contribution in [2.45, 2.75) is 12.6 Å². The summed E-state index contributed by atoms with van der Waals surface area (Å²) in [5.74, 6) is 0.726. The van der Waals surface area contributed by atoms with Gasteiger partial charge >= 0.3 is 0 Å². The minimum Gasteiger partial charge on any atom is -0.495 e. The Bertz CT molecular complexity index is 441. The lowest BCUT2D eigenvalue weighted by molar-refractivity contribution is 0.113. The number of halogens is 1. The molecule has 0 aliphatic carbocycles. The Morgan fingerprint density at radius 1 is 1.35 bits per heavy atom. The summed E-state index contributed by atoms with van der Waals surface area (Å²) < 4.78 is 5.16. The number of piperazine rings is 1. The van der Waals surface area contributed by atoms with Crippen molar-refractivity contribution < 1.29 is 4.74 Å². The predicted octanol–water partition coefficient (Wildman–Crippen LogP) is 1.68. The zero-order chi connectivity index (χ0) is 14.5. The molecule has 1 aromatic rings. The van der Waals surface area contributed by atoms with Gasteiger partial charge in [-0.3, -0.25) is 4.90 Å². The molecule has 1 heterocycles. The minimum atomic E-state index is 0.572. The van der Waals surface area contributed by atoms with Crippen LogP contribution in [-0.2, 0) is 6.54 Å². The van der Waals surface area contributed by atoms with Crippen LogP contribution in [0.25, 0.3) is 0 Å². The highest BCUT2D eigenvalue weighted by atomic mass is 35.5. The van der Waals surface area contributed by atoms with Crippen LogP contribution in [0, 0.1) is 0 Å². The first-order valence-corrected chi connectivity index (χ1v) is 7.40. The first-order valence-electron chi connectivity index (χ1n) is 7.02. The highest BCUT2D eigenvalue weighted by Gasteiger charge is 2.21. The van der Waals surface area contributed by atoms with Crippen molar-refractivity contribution in [3.05, 3.63) is 28.8 Å². The number of methoxy groups -OCH3 is 1. The zero-order valence-corrected chi connectivity index (χ0v) is 13.3. The topological polar surface area (TPSA) is 27.7 Å². The first-order chi connectivity index (χ1) is 9.60. The molecule has 112 valence electrons. The second kappa shape index (κ2) is 7.27. The van der Waals surface area contributed by atoms with Crippen LogP contribution in [0.4, 0.5) is 0 Å². The summed E-state index contributed by atoms with van der Waals surface area (Å²) in [6, 6.07) is 6.50. The third-order valence-corrected chi connectivity index (χ3v) is 4.20. The third-order valence-electron chi connectivity index (χ3n) is 3.91. The molecule has 0 saturated carbocycles. The van der Waals surface area contributed by atoms with Crippen molar-refractivity contribution in [1.82, 2.24) is 15.1 Å². The average Bonchev–Trinajstić information content (AvgIpc) is 2.43. The van der Waals surface area contributed by atoms with Gasteiger partial charge in [-0.2, -0.15) is 0 Å². The van der Waals surface area contributed by atoms with E-state index in [-0.39, 0.29) is 0 Å². The lowest BCUT2D eigenvalue weighted by Crippen LogP contribution is -2.53. The Labute approximate surface area is 126 Å². The number of nitrogens with one attached hydrogen (secondary N) is 1. The van der Waals surface area contributed by atoms with Gasteiger partial charge in [0.25, 0.3) is 0 Å². The largest absolute Gasteiger partial charge is 0.495 e. The van der Waals surface area contributed by atoms with Gasteiger partial charge in [-0.25, -0.2) is 0 Å². The van der Waals surface area contributed by atoms with E-state index in [0.717, 1.165) is 38.5 Å². The van der Waals surface area contributed by atoms with Crippen molar-refractivity contribution in [2.24, 2.45) is 0 Å². The lowest BCUT2D eigenvalue weighted by Gasteiger charge is -2.37. The molecule has 0 aromatic heterocycles. The molecule has 5 heteroatoms. The smallest absolute Gasteiger partial charge is 0.137 e.